The van der Waals surface area contributed by atoms with E-state index < -0.39 is 0 Å². The molecule has 0 aliphatic carbocycles. The van der Waals surface area contributed by atoms with Crippen LogP contribution in [0.3, 0.4) is 0 Å². The molecule has 0 aromatic carbocycles. The van der Waals surface area contributed by atoms with Crippen molar-refractivity contribution in [1.82, 2.24) is 0 Å². The average Bonchev–Trinajstić information content (AvgIpc) is 0.811. The summed E-state index contributed by atoms with van der Waals surface area (Å²) in [5.74, 6) is 0. The number of rotatable bonds is 0. The van der Waals surface area contributed by atoms with E-state index in [0.717, 1.165) is 3.67 Å². The summed E-state index contributed by atoms with van der Waals surface area (Å²) in [5, 5.41) is 0. The van der Waals surface area contributed by atoms with Gasteiger partial charge >= 0.3 is 38.2 Å². The maximum atomic E-state index is 5.03. The Bertz CT molecular complexity index is 29.0. The van der Waals surface area contributed by atoms with Crippen LogP contribution >= 0.6 is 0 Å². The molecular formula is C2H5NTe. The zero-order valence-electron chi connectivity index (χ0n) is 2.49. The van der Waals surface area contributed by atoms with E-state index in [4.69, 9.17) is 5.73 Å². The summed E-state index contributed by atoms with van der Waals surface area (Å²) in [6.45, 7) is 1.87. The fourth-order valence-corrected chi connectivity index (χ4v) is 0. The van der Waals surface area contributed by atoms with Crippen LogP contribution in [0, 0.1) is 0 Å². The maximum absolute atomic E-state index is 5.03. The van der Waals surface area contributed by atoms with Gasteiger partial charge in [0.25, 0.3) is 0 Å². The third-order valence-corrected chi connectivity index (χ3v) is 0. The summed E-state index contributed by atoms with van der Waals surface area (Å²) in [4.78, 5) is 0. The number of nitrogens with two attached hydrogens (primary N) is 1. The molecule has 0 amide bonds. The van der Waals surface area contributed by atoms with Crippen molar-refractivity contribution in [2.75, 3.05) is 0 Å². The molecule has 0 aromatic rings. The second-order valence-electron chi connectivity index (χ2n) is 0.611. The molecule has 1 nitrogen and oxygen atoms in total. The van der Waals surface area contributed by atoms with E-state index in [-0.39, 0.29) is 0 Å². The van der Waals surface area contributed by atoms with Crippen molar-refractivity contribution in [2.24, 2.45) is 5.73 Å². The molecule has 24 valence electrons. The first-order valence-electron chi connectivity index (χ1n) is 0.993. The monoisotopic (exact) mass is 173 g/mol. The van der Waals surface area contributed by atoms with Gasteiger partial charge in [-0.25, -0.2) is 0 Å². The van der Waals surface area contributed by atoms with E-state index in [9.17, 15) is 0 Å². The van der Waals surface area contributed by atoms with Gasteiger partial charge < -0.3 is 0 Å². The summed E-state index contributed by atoms with van der Waals surface area (Å²) in [6, 6.07) is 0. The van der Waals surface area contributed by atoms with E-state index in [1.165, 1.54) is 0 Å². The Hall–Kier alpha value is 0.460. The molecule has 0 bridgehead atoms. The predicted octanol–water partition coefficient (Wildman–Crippen LogP) is -0.737. The van der Waals surface area contributed by atoms with Crippen molar-refractivity contribution in [2.45, 2.75) is 6.92 Å². The first kappa shape index (κ1) is 4.46. The SMILES string of the molecule is CC(N)=[Te]. The molecule has 2 N–H and O–H groups in total. The Labute approximate surface area is 38.6 Å². The van der Waals surface area contributed by atoms with Gasteiger partial charge in [0, 0.05) is 0 Å². The topological polar surface area (TPSA) is 26.0 Å². The Kier molecular flexibility index (Phi) is 1.95. The molecule has 0 aliphatic rings. The third kappa shape index (κ3) is 24.8. The predicted molar refractivity (Wildman–Crippen MR) is 20.6 cm³/mol. The Morgan fingerprint density at radius 1 is 2.00 bits per heavy atom. The van der Waals surface area contributed by atoms with E-state index in [1.54, 1.807) is 21.8 Å². The minimum absolute atomic E-state index is 0.927. The van der Waals surface area contributed by atoms with E-state index >= 15 is 0 Å². The number of hydrogen-bond donors (Lipinski definition) is 1. The molecule has 0 saturated heterocycles. The molecule has 0 heterocycles. The van der Waals surface area contributed by atoms with Gasteiger partial charge in [-0.3, -0.25) is 0 Å². The van der Waals surface area contributed by atoms with E-state index in [1.807, 2.05) is 6.92 Å². The van der Waals surface area contributed by atoms with Crippen LogP contribution in [0.2, 0.25) is 0 Å². The zero-order valence-corrected chi connectivity index (χ0v) is 4.82. The molecule has 0 fully saturated rings. The fraction of sp³-hybridized carbons (Fsp3) is 0.500. The van der Waals surface area contributed by atoms with Gasteiger partial charge in [0.2, 0.25) is 0 Å². The zero-order chi connectivity index (χ0) is 3.58. The molecule has 0 aromatic heterocycles. The molecule has 0 atom stereocenters. The first-order valence-corrected chi connectivity index (χ1v) is 2.16. The van der Waals surface area contributed by atoms with E-state index in [2.05, 4.69) is 0 Å². The summed E-state index contributed by atoms with van der Waals surface area (Å²) in [7, 11) is 0. The summed E-state index contributed by atoms with van der Waals surface area (Å²) >= 11 is 1.80. The summed E-state index contributed by atoms with van der Waals surface area (Å²) in [5.41, 5.74) is 5.03. The van der Waals surface area contributed by atoms with Crippen LogP contribution in [-0.2, 0) is 0 Å². The third-order valence-electron chi connectivity index (χ3n) is 0. The van der Waals surface area contributed by atoms with Crippen LogP contribution in [0.4, 0.5) is 0 Å². The van der Waals surface area contributed by atoms with Crippen LogP contribution in [-0.4, -0.2) is 25.5 Å². The second-order valence-corrected chi connectivity index (χ2v) is 2.45. The molecule has 0 radical (unpaired) electrons. The molecular weight excluding hydrogens is 166 g/mol. The van der Waals surface area contributed by atoms with Crippen molar-refractivity contribution < 1.29 is 0 Å². The van der Waals surface area contributed by atoms with Crippen LogP contribution in [0.15, 0.2) is 0 Å². The van der Waals surface area contributed by atoms with Crippen molar-refractivity contribution in [1.29, 1.82) is 0 Å². The van der Waals surface area contributed by atoms with Crippen molar-refractivity contribution in [3.05, 3.63) is 0 Å². The van der Waals surface area contributed by atoms with E-state index in [0.29, 0.717) is 0 Å². The molecule has 2 heteroatoms. The van der Waals surface area contributed by atoms with Crippen LogP contribution < -0.4 is 5.73 Å². The summed E-state index contributed by atoms with van der Waals surface area (Å²) < 4.78 is 0.927. The Morgan fingerprint density at radius 2 is 2.00 bits per heavy atom. The Balaban J connectivity index is 2.80. The van der Waals surface area contributed by atoms with Crippen LogP contribution in [0.25, 0.3) is 0 Å². The standard InChI is InChI=1S/C2H5NTe/c1-2(3)4/h1H3,(H2,3,4). The van der Waals surface area contributed by atoms with Crippen LogP contribution in [0.1, 0.15) is 6.92 Å². The number of hydrogen-bond acceptors (Lipinski definition) is 1. The van der Waals surface area contributed by atoms with Gasteiger partial charge in [0.05, 0.1) is 0 Å². The molecule has 0 aliphatic heterocycles. The van der Waals surface area contributed by atoms with Crippen molar-refractivity contribution in [3.8, 4) is 0 Å². The molecule has 4 heavy (non-hydrogen) atoms. The fourth-order valence-electron chi connectivity index (χ4n) is 0. The molecule has 0 spiro atoms. The Morgan fingerprint density at radius 3 is 2.00 bits per heavy atom. The van der Waals surface area contributed by atoms with Gasteiger partial charge in [-0.2, -0.15) is 0 Å². The van der Waals surface area contributed by atoms with Gasteiger partial charge in [0.1, 0.15) is 0 Å². The summed E-state index contributed by atoms with van der Waals surface area (Å²) in [6.07, 6.45) is 0. The van der Waals surface area contributed by atoms with Crippen molar-refractivity contribution in [3.63, 3.8) is 0 Å². The molecule has 0 unspecified atom stereocenters. The second kappa shape index (κ2) is 1.75. The van der Waals surface area contributed by atoms with Crippen molar-refractivity contribution >= 4 is 25.5 Å². The van der Waals surface area contributed by atoms with Crippen LogP contribution in [0.5, 0.6) is 0 Å². The average molecular weight is 171 g/mol. The van der Waals surface area contributed by atoms with Gasteiger partial charge in [-0.05, 0) is 0 Å². The normalized spacial score (nSPS) is 6.25. The van der Waals surface area contributed by atoms with Gasteiger partial charge in [0.15, 0.2) is 0 Å². The first-order chi connectivity index (χ1) is 1.73. The van der Waals surface area contributed by atoms with Gasteiger partial charge in [-0.1, -0.05) is 0 Å². The van der Waals surface area contributed by atoms with Gasteiger partial charge in [-0.15, -0.1) is 0 Å². The quantitative estimate of drug-likeness (QED) is 0.477. The molecule has 0 saturated carbocycles. The molecule has 0 rings (SSSR count). The minimum atomic E-state index is 0.927.